The molecule has 1 unspecified atom stereocenters. The molecule has 2 aromatic rings. The molecule has 0 aromatic heterocycles. The smallest absolute Gasteiger partial charge is 0.228 e. The Morgan fingerprint density at radius 2 is 2.04 bits per heavy atom. The number of benzene rings is 2. The van der Waals surface area contributed by atoms with Crippen LogP contribution in [-0.2, 0) is 16.0 Å². The Morgan fingerprint density at radius 1 is 1.24 bits per heavy atom. The highest BCUT2D eigenvalue weighted by Gasteiger charge is 2.49. The second-order valence-electron chi connectivity index (χ2n) is 6.98. The summed E-state index contributed by atoms with van der Waals surface area (Å²) in [5, 5.41) is 3.61. The predicted molar refractivity (Wildman–Crippen MR) is 95.0 cm³/mol. The monoisotopic (exact) mass is 359 g/mol. The fraction of sp³-hybridized carbons (Fsp3) is 0.350. The summed E-state index contributed by atoms with van der Waals surface area (Å²) in [6, 6.07) is 12.4. The molecule has 0 bridgehead atoms. The van der Waals surface area contributed by atoms with E-state index in [0.717, 1.165) is 30.4 Å². The van der Waals surface area contributed by atoms with Crippen LogP contribution in [0.4, 0.5) is 4.39 Å². The summed E-state index contributed by atoms with van der Waals surface area (Å²) in [5.74, 6) is -0.170. The van der Waals surface area contributed by atoms with Crippen LogP contribution < -0.4 is 5.32 Å². The lowest BCUT2D eigenvalue weighted by Crippen LogP contribution is -2.32. The molecular formula is C20H19ClFNO2. The van der Waals surface area contributed by atoms with E-state index in [1.807, 2.05) is 24.3 Å². The predicted octanol–water partition coefficient (Wildman–Crippen LogP) is 3.98. The van der Waals surface area contributed by atoms with Gasteiger partial charge in [0.1, 0.15) is 5.82 Å². The Morgan fingerprint density at radius 3 is 2.76 bits per heavy atom. The molecule has 2 heterocycles. The van der Waals surface area contributed by atoms with Crippen LogP contribution in [0.25, 0.3) is 11.1 Å². The molecule has 2 aliphatic rings. The molecule has 2 aliphatic heterocycles. The average molecular weight is 360 g/mol. The number of nitrogens with one attached hydrogen (secondary N) is 1. The highest BCUT2D eigenvalue weighted by atomic mass is 35.5. The molecule has 2 fully saturated rings. The van der Waals surface area contributed by atoms with Gasteiger partial charge in [-0.05, 0) is 48.6 Å². The van der Waals surface area contributed by atoms with Gasteiger partial charge in [-0.2, -0.15) is 0 Å². The minimum atomic E-state index is -0.325. The number of halogens is 2. The van der Waals surface area contributed by atoms with Gasteiger partial charge in [-0.1, -0.05) is 35.9 Å². The van der Waals surface area contributed by atoms with Crippen molar-refractivity contribution in [1.29, 1.82) is 0 Å². The number of hydrogen-bond acceptors (Lipinski definition) is 2. The third-order valence-electron chi connectivity index (χ3n) is 5.23. The molecule has 2 atom stereocenters. The van der Waals surface area contributed by atoms with E-state index in [4.69, 9.17) is 16.3 Å². The van der Waals surface area contributed by atoms with E-state index in [1.54, 1.807) is 12.1 Å². The first kappa shape index (κ1) is 16.6. The minimum absolute atomic E-state index is 0.118. The number of ether oxygens (including phenoxy) is 1. The molecule has 5 heteroatoms. The van der Waals surface area contributed by atoms with Crippen molar-refractivity contribution in [2.45, 2.75) is 25.3 Å². The van der Waals surface area contributed by atoms with Crippen LogP contribution in [0.15, 0.2) is 42.5 Å². The van der Waals surface area contributed by atoms with Gasteiger partial charge in [0.2, 0.25) is 5.91 Å². The van der Waals surface area contributed by atoms with Gasteiger partial charge in [-0.3, -0.25) is 4.79 Å². The third-order valence-corrected chi connectivity index (χ3v) is 5.47. The summed E-state index contributed by atoms with van der Waals surface area (Å²) in [6.07, 6.45) is 2.39. The molecule has 0 radical (unpaired) electrons. The normalized spacial score (nSPS) is 25.5. The molecule has 2 saturated heterocycles. The van der Waals surface area contributed by atoms with E-state index in [2.05, 4.69) is 5.32 Å². The summed E-state index contributed by atoms with van der Waals surface area (Å²) < 4.78 is 19.4. The largest absolute Gasteiger partial charge is 0.380 e. The van der Waals surface area contributed by atoms with Gasteiger partial charge in [0.25, 0.3) is 0 Å². The van der Waals surface area contributed by atoms with E-state index in [9.17, 15) is 9.18 Å². The van der Waals surface area contributed by atoms with Crippen LogP contribution in [-0.4, -0.2) is 25.2 Å². The summed E-state index contributed by atoms with van der Waals surface area (Å²) >= 11 is 5.97. The van der Waals surface area contributed by atoms with Crippen LogP contribution in [0.1, 0.15) is 18.4 Å². The lowest BCUT2D eigenvalue weighted by molar-refractivity contribution is -0.127. The molecule has 25 heavy (non-hydrogen) atoms. The quantitative estimate of drug-likeness (QED) is 0.900. The molecule has 1 spiro atoms. The maximum atomic E-state index is 14.0. The van der Waals surface area contributed by atoms with E-state index < -0.39 is 0 Å². The molecule has 1 N–H and O–H groups in total. The zero-order valence-corrected chi connectivity index (χ0v) is 14.5. The van der Waals surface area contributed by atoms with Crippen molar-refractivity contribution in [2.24, 2.45) is 5.41 Å². The lowest BCUT2D eigenvalue weighted by Gasteiger charge is -2.16. The molecule has 3 nitrogen and oxygen atoms in total. The van der Waals surface area contributed by atoms with Crippen LogP contribution in [0.3, 0.4) is 0 Å². The van der Waals surface area contributed by atoms with Gasteiger partial charge in [-0.15, -0.1) is 0 Å². The zero-order valence-electron chi connectivity index (χ0n) is 13.7. The van der Waals surface area contributed by atoms with E-state index in [-0.39, 0.29) is 23.2 Å². The molecule has 1 amide bonds. The molecule has 0 saturated carbocycles. The highest BCUT2D eigenvalue weighted by Crippen LogP contribution is 2.39. The van der Waals surface area contributed by atoms with Gasteiger partial charge in [0.15, 0.2) is 0 Å². The number of carbonyl (C=O) groups is 1. The summed E-state index contributed by atoms with van der Waals surface area (Å²) in [7, 11) is 0. The van der Waals surface area contributed by atoms with Crippen molar-refractivity contribution in [3.8, 4) is 11.1 Å². The van der Waals surface area contributed by atoms with E-state index in [0.29, 0.717) is 23.8 Å². The molecule has 2 aromatic carbocycles. The Bertz CT molecular complexity index is 800. The van der Waals surface area contributed by atoms with Crippen molar-refractivity contribution in [3.05, 3.63) is 58.9 Å². The Labute approximate surface area is 151 Å². The summed E-state index contributed by atoms with van der Waals surface area (Å²) in [4.78, 5) is 12.3. The van der Waals surface area contributed by atoms with Gasteiger partial charge in [0.05, 0.1) is 12.0 Å². The summed E-state index contributed by atoms with van der Waals surface area (Å²) in [5.41, 5.74) is 2.08. The molecule has 0 aliphatic carbocycles. The van der Waals surface area contributed by atoms with Crippen LogP contribution >= 0.6 is 11.6 Å². The molecular weight excluding hydrogens is 341 g/mol. The Hall–Kier alpha value is -1.91. The SMILES string of the molecule is O=C1N[C@H](Cc2ccc(-c3cc(Cl)ccc3F)cc2)CC12CCOC2. The average Bonchev–Trinajstić information content (AvgIpc) is 3.19. The van der Waals surface area contributed by atoms with Crippen molar-refractivity contribution < 1.29 is 13.9 Å². The number of hydrogen-bond donors (Lipinski definition) is 1. The van der Waals surface area contributed by atoms with Gasteiger partial charge >= 0.3 is 0 Å². The maximum absolute atomic E-state index is 14.0. The first-order valence-corrected chi connectivity index (χ1v) is 8.87. The fourth-order valence-corrected chi connectivity index (χ4v) is 4.02. The van der Waals surface area contributed by atoms with E-state index >= 15 is 0 Å². The topological polar surface area (TPSA) is 38.3 Å². The number of carbonyl (C=O) groups excluding carboxylic acids is 1. The van der Waals surface area contributed by atoms with Crippen LogP contribution in [0.5, 0.6) is 0 Å². The van der Waals surface area contributed by atoms with Crippen molar-refractivity contribution in [1.82, 2.24) is 5.32 Å². The van der Waals surface area contributed by atoms with Crippen LogP contribution in [0.2, 0.25) is 5.02 Å². The molecule has 130 valence electrons. The second-order valence-corrected chi connectivity index (χ2v) is 7.42. The van der Waals surface area contributed by atoms with Gasteiger partial charge in [-0.25, -0.2) is 4.39 Å². The summed E-state index contributed by atoms with van der Waals surface area (Å²) in [6.45, 7) is 1.20. The van der Waals surface area contributed by atoms with Crippen molar-refractivity contribution in [2.75, 3.05) is 13.2 Å². The standard InChI is InChI=1S/C20H19ClFNO2/c21-15-5-6-18(22)17(10-15)14-3-1-13(2-4-14)9-16-11-20(19(24)23-16)7-8-25-12-20/h1-6,10,16H,7-9,11-12H2,(H,23,24)/t16-,20?/m1/s1. The maximum Gasteiger partial charge on any atom is 0.228 e. The minimum Gasteiger partial charge on any atom is -0.380 e. The van der Waals surface area contributed by atoms with Crippen molar-refractivity contribution in [3.63, 3.8) is 0 Å². The number of rotatable bonds is 3. The Kier molecular flexibility index (Phi) is 4.26. The first-order valence-electron chi connectivity index (χ1n) is 8.49. The first-order chi connectivity index (χ1) is 12.1. The second kappa shape index (κ2) is 6.43. The molecule has 4 rings (SSSR count). The fourth-order valence-electron chi connectivity index (χ4n) is 3.85. The van der Waals surface area contributed by atoms with Gasteiger partial charge < -0.3 is 10.1 Å². The lowest BCUT2D eigenvalue weighted by atomic mass is 9.83. The van der Waals surface area contributed by atoms with E-state index in [1.165, 1.54) is 6.07 Å². The Balaban J connectivity index is 1.48. The van der Waals surface area contributed by atoms with Gasteiger partial charge in [0, 0.05) is 23.2 Å². The van der Waals surface area contributed by atoms with Crippen LogP contribution in [0, 0.1) is 11.2 Å². The number of amides is 1. The third kappa shape index (κ3) is 3.16. The zero-order chi connectivity index (χ0) is 17.4. The van der Waals surface area contributed by atoms with Crippen molar-refractivity contribution >= 4 is 17.5 Å². The highest BCUT2D eigenvalue weighted by molar-refractivity contribution is 6.30.